The van der Waals surface area contributed by atoms with Gasteiger partial charge in [0, 0.05) is 4.75 Å². The fourth-order valence-corrected chi connectivity index (χ4v) is 6.05. The molecule has 6 amide bonds. The molecule has 0 aromatic carbocycles. The number of hydrogen-bond donors (Lipinski definition) is 5. The number of allylic oxidation sites excluding steroid dienone is 2. The van der Waals surface area contributed by atoms with Gasteiger partial charge in [-0.2, -0.15) is 0 Å². The first-order chi connectivity index (χ1) is 15.9. The van der Waals surface area contributed by atoms with Gasteiger partial charge in [-0.1, -0.05) is 24.3 Å². The Kier molecular flexibility index (Phi) is 5.85. The maximum Gasteiger partial charge on any atom is 0.328 e. The zero-order valence-corrected chi connectivity index (χ0v) is 19.3. The molecule has 0 spiro atoms. The Hall–Kier alpha value is -3.45. The molecular formula is C21H23N5O7S. The van der Waals surface area contributed by atoms with E-state index in [2.05, 4.69) is 10.6 Å². The van der Waals surface area contributed by atoms with Crippen molar-refractivity contribution in [2.24, 2.45) is 0 Å². The fraction of sp³-hybridized carbons (Fsp3) is 0.429. The topological polar surface area (TPSA) is 174 Å². The predicted octanol–water partition coefficient (Wildman–Crippen LogP) is -1.25. The minimum atomic E-state index is -1.09. The molecule has 1 aliphatic carbocycles. The number of barbiturate groups is 1. The lowest BCUT2D eigenvalue weighted by Crippen LogP contribution is -2.71. The average molecular weight is 490 g/mol. The number of nitrogens with zero attached hydrogens (tertiary/aromatic N) is 1. The minimum absolute atomic E-state index is 0.251. The van der Waals surface area contributed by atoms with Crippen LogP contribution in [-0.2, 0) is 24.0 Å². The van der Waals surface area contributed by atoms with Crippen molar-refractivity contribution in [2.75, 3.05) is 0 Å². The van der Waals surface area contributed by atoms with E-state index >= 15 is 0 Å². The molecule has 4 aliphatic rings. The molecule has 0 bridgehead atoms. The molecule has 4 rings (SSSR count). The van der Waals surface area contributed by atoms with Crippen LogP contribution in [0, 0.1) is 0 Å². The third kappa shape index (κ3) is 3.90. The highest BCUT2D eigenvalue weighted by atomic mass is 32.2. The first-order valence-corrected chi connectivity index (χ1v) is 11.3. The zero-order valence-electron chi connectivity index (χ0n) is 18.4. The minimum Gasteiger partial charge on any atom is -0.480 e. The lowest BCUT2D eigenvalue weighted by molar-refractivity contribution is -0.161. The van der Waals surface area contributed by atoms with Crippen molar-refractivity contribution < 1.29 is 33.9 Å². The van der Waals surface area contributed by atoms with Gasteiger partial charge in [0.05, 0.1) is 12.1 Å². The number of rotatable bonds is 5. The third-order valence-corrected chi connectivity index (χ3v) is 7.59. The Balaban J connectivity index is 1.45. The number of fused-ring (bicyclic) bond motifs is 1. The van der Waals surface area contributed by atoms with Gasteiger partial charge in [-0.3, -0.25) is 35.1 Å². The number of amides is 6. The number of carboxylic acid groups (broad SMARTS) is 1. The molecule has 34 heavy (non-hydrogen) atoms. The van der Waals surface area contributed by atoms with E-state index in [-0.39, 0.29) is 11.1 Å². The Bertz CT molecular complexity index is 1090. The molecule has 3 aliphatic heterocycles. The monoisotopic (exact) mass is 489 g/mol. The van der Waals surface area contributed by atoms with Crippen LogP contribution in [0.3, 0.4) is 0 Å². The van der Waals surface area contributed by atoms with E-state index in [1.54, 1.807) is 39.0 Å². The van der Waals surface area contributed by atoms with Gasteiger partial charge in [0.25, 0.3) is 11.8 Å². The van der Waals surface area contributed by atoms with Gasteiger partial charge >= 0.3 is 12.0 Å². The molecule has 5 atom stereocenters. The predicted molar refractivity (Wildman–Crippen MR) is 119 cm³/mol. The molecule has 3 heterocycles. The standard InChI is InChI=1S/C21H23N5O7S/c1-8(14(27)23-12-17(30)26-13(19(31)32)21(2,3)34-18(12)26)22-10-7-5-4-6-9(10)11-15(28)24-20(33)25-16(11)29/h4-8,10,12-13,18,22H,1-3H3,(H,23,27)(H,31,32)(H2,24,25,28,29,33). The van der Waals surface area contributed by atoms with E-state index in [4.69, 9.17) is 0 Å². The number of carboxylic acids is 1. The first-order valence-electron chi connectivity index (χ1n) is 10.5. The van der Waals surface area contributed by atoms with Crippen molar-refractivity contribution in [3.8, 4) is 0 Å². The maximum absolute atomic E-state index is 12.9. The van der Waals surface area contributed by atoms with E-state index in [1.807, 2.05) is 10.6 Å². The van der Waals surface area contributed by atoms with Gasteiger partial charge in [0.15, 0.2) is 0 Å². The number of nitrogens with one attached hydrogen (secondary N) is 4. The Morgan fingerprint density at radius 3 is 2.41 bits per heavy atom. The molecule has 180 valence electrons. The summed E-state index contributed by atoms with van der Waals surface area (Å²) in [5.41, 5.74) is 0.0207. The largest absolute Gasteiger partial charge is 0.480 e. The van der Waals surface area contributed by atoms with Crippen LogP contribution in [0.15, 0.2) is 35.5 Å². The van der Waals surface area contributed by atoms with E-state index in [0.29, 0.717) is 0 Å². The molecule has 3 saturated heterocycles. The van der Waals surface area contributed by atoms with Crippen molar-refractivity contribution in [1.82, 2.24) is 26.2 Å². The van der Waals surface area contributed by atoms with Crippen molar-refractivity contribution in [1.29, 1.82) is 0 Å². The lowest BCUT2D eigenvalue weighted by Gasteiger charge is -2.44. The zero-order chi connectivity index (χ0) is 24.9. The summed E-state index contributed by atoms with van der Waals surface area (Å²) in [4.78, 5) is 74.2. The molecule has 5 N–H and O–H groups in total. The number of β-lactam (4-membered cyclic amide) rings is 1. The number of imide groups is 2. The summed E-state index contributed by atoms with van der Waals surface area (Å²) >= 11 is 1.32. The van der Waals surface area contributed by atoms with Gasteiger partial charge in [-0.15, -0.1) is 11.8 Å². The van der Waals surface area contributed by atoms with Gasteiger partial charge in [-0.05, 0) is 26.3 Å². The number of carbonyl (C=O) groups is 6. The maximum atomic E-state index is 12.9. The number of carbonyl (C=O) groups excluding carboxylic acids is 5. The number of aliphatic carboxylic acids is 1. The fourth-order valence-electron chi connectivity index (χ4n) is 4.42. The summed E-state index contributed by atoms with van der Waals surface area (Å²) in [6, 6.07) is -4.29. The summed E-state index contributed by atoms with van der Waals surface area (Å²) in [6.45, 7) is 5.05. The first kappa shape index (κ1) is 23.7. The van der Waals surface area contributed by atoms with Crippen LogP contribution in [0.2, 0.25) is 0 Å². The molecule has 3 fully saturated rings. The van der Waals surface area contributed by atoms with Crippen LogP contribution in [0.25, 0.3) is 0 Å². The van der Waals surface area contributed by atoms with Gasteiger partial charge in [0.1, 0.15) is 23.0 Å². The summed E-state index contributed by atoms with van der Waals surface area (Å²) in [5, 5.41) is 18.8. The molecule has 0 saturated carbocycles. The third-order valence-electron chi connectivity index (χ3n) is 6.02. The van der Waals surface area contributed by atoms with E-state index < -0.39 is 69.9 Å². The van der Waals surface area contributed by atoms with Crippen LogP contribution in [0.5, 0.6) is 0 Å². The smallest absolute Gasteiger partial charge is 0.328 e. The molecule has 0 aromatic heterocycles. The quantitative estimate of drug-likeness (QED) is 0.180. The molecule has 13 heteroatoms. The van der Waals surface area contributed by atoms with Crippen LogP contribution in [-0.4, -0.2) is 79.9 Å². The van der Waals surface area contributed by atoms with Crippen LogP contribution in [0.4, 0.5) is 4.79 Å². The summed E-state index contributed by atoms with van der Waals surface area (Å²) in [7, 11) is 0. The number of thioether (sulfide) groups is 1. The second kappa shape index (κ2) is 8.40. The molecule has 0 radical (unpaired) electrons. The van der Waals surface area contributed by atoms with Crippen LogP contribution < -0.4 is 21.3 Å². The SMILES string of the molecule is CC(NC1C=CC=CC1=C1C(=O)NC(=O)NC1=O)C(=O)NC1C(=O)N2C1SC(C)(C)C2C(=O)O. The average Bonchev–Trinajstić information content (AvgIpc) is 3.00. The van der Waals surface area contributed by atoms with Gasteiger partial charge in [-0.25, -0.2) is 9.59 Å². The van der Waals surface area contributed by atoms with E-state index in [0.717, 1.165) is 0 Å². The van der Waals surface area contributed by atoms with E-state index in [1.165, 1.54) is 22.7 Å². The highest BCUT2D eigenvalue weighted by molar-refractivity contribution is 8.01. The molecule has 5 unspecified atom stereocenters. The van der Waals surface area contributed by atoms with Crippen LogP contribution in [0.1, 0.15) is 20.8 Å². The molecular weight excluding hydrogens is 466 g/mol. The molecule has 0 aromatic rings. The Morgan fingerprint density at radius 2 is 1.79 bits per heavy atom. The number of urea groups is 1. The summed E-state index contributed by atoms with van der Waals surface area (Å²) in [6.07, 6.45) is 6.46. The van der Waals surface area contributed by atoms with Gasteiger partial charge < -0.3 is 15.3 Å². The second-order valence-corrected chi connectivity index (χ2v) is 10.5. The highest BCUT2D eigenvalue weighted by Gasteiger charge is 2.64. The lowest BCUT2D eigenvalue weighted by atomic mass is 9.93. The van der Waals surface area contributed by atoms with Crippen LogP contribution >= 0.6 is 11.8 Å². The van der Waals surface area contributed by atoms with Crippen molar-refractivity contribution >= 4 is 47.4 Å². The van der Waals surface area contributed by atoms with E-state index in [9.17, 15) is 33.9 Å². The summed E-state index contributed by atoms with van der Waals surface area (Å²) in [5.74, 6) is -3.75. The molecule has 12 nitrogen and oxygen atoms in total. The van der Waals surface area contributed by atoms with Crippen molar-refractivity contribution in [2.45, 2.75) is 55.1 Å². The van der Waals surface area contributed by atoms with Crippen molar-refractivity contribution in [3.63, 3.8) is 0 Å². The van der Waals surface area contributed by atoms with Gasteiger partial charge in [0.2, 0.25) is 11.8 Å². The Morgan fingerprint density at radius 1 is 1.15 bits per heavy atom. The van der Waals surface area contributed by atoms with Crippen molar-refractivity contribution in [3.05, 3.63) is 35.5 Å². The highest BCUT2D eigenvalue weighted by Crippen LogP contribution is 2.50. The Labute approximate surface area is 198 Å². The summed E-state index contributed by atoms with van der Waals surface area (Å²) < 4.78 is -0.710. The second-order valence-electron chi connectivity index (χ2n) is 8.76. The number of hydrogen-bond acceptors (Lipinski definition) is 8. The normalized spacial score (nSPS) is 30.4.